The molecule has 1 N–H and O–H groups in total. The van der Waals surface area contributed by atoms with Crippen molar-refractivity contribution >= 4 is 11.6 Å². The molecule has 0 fully saturated rings. The summed E-state index contributed by atoms with van der Waals surface area (Å²) in [5.74, 6) is -1.04. The second kappa shape index (κ2) is 4.45. The maximum Gasteiger partial charge on any atom is 0.356 e. The number of aromatic nitrogens is 3. The maximum absolute atomic E-state index is 10.9. The summed E-state index contributed by atoms with van der Waals surface area (Å²) in [6.07, 6.45) is 3.04. The van der Waals surface area contributed by atoms with E-state index in [0.29, 0.717) is 5.65 Å². The number of hydrogen-bond donors (Lipinski definition) is 1. The summed E-state index contributed by atoms with van der Waals surface area (Å²) in [5.41, 5.74) is 4.79. The van der Waals surface area contributed by atoms with Crippen LogP contribution < -0.4 is 0 Å². The molecule has 0 aliphatic heterocycles. The van der Waals surface area contributed by atoms with Crippen molar-refractivity contribution in [1.29, 1.82) is 0 Å². The Hall–Kier alpha value is -2.69. The van der Waals surface area contributed by atoms with Gasteiger partial charge in [0.1, 0.15) is 12.0 Å². The lowest BCUT2D eigenvalue weighted by Gasteiger charge is -2.05. The zero-order valence-electron chi connectivity index (χ0n) is 11.2. The summed E-state index contributed by atoms with van der Waals surface area (Å²) in [6, 6.07) is 7.90. The average Bonchev–Trinajstić information content (AvgIpc) is 2.85. The molecule has 0 unspecified atom stereocenters. The average molecular weight is 267 g/mol. The number of hydrogen-bond acceptors (Lipinski definition) is 3. The zero-order valence-corrected chi connectivity index (χ0v) is 11.2. The summed E-state index contributed by atoms with van der Waals surface area (Å²) in [4.78, 5) is 19.3. The Morgan fingerprint density at radius 2 is 2.00 bits per heavy atom. The molecule has 1 aromatic carbocycles. The Balaban J connectivity index is 2.12. The fourth-order valence-corrected chi connectivity index (χ4v) is 2.05. The highest BCUT2D eigenvalue weighted by molar-refractivity contribution is 5.86. The van der Waals surface area contributed by atoms with Crippen LogP contribution in [0.15, 0.2) is 36.8 Å². The zero-order chi connectivity index (χ0) is 14.3. The van der Waals surface area contributed by atoms with Crippen molar-refractivity contribution in [2.24, 2.45) is 0 Å². The summed E-state index contributed by atoms with van der Waals surface area (Å²) in [7, 11) is 0. The highest BCUT2D eigenvalue weighted by Gasteiger charge is 2.10. The molecule has 5 nitrogen and oxygen atoms in total. The number of benzene rings is 1. The van der Waals surface area contributed by atoms with E-state index in [1.54, 1.807) is 16.8 Å². The number of carboxylic acids is 1. The van der Waals surface area contributed by atoms with Gasteiger partial charge in [-0.2, -0.15) is 0 Å². The van der Waals surface area contributed by atoms with Crippen LogP contribution in [0.5, 0.6) is 0 Å². The fourth-order valence-electron chi connectivity index (χ4n) is 2.05. The van der Waals surface area contributed by atoms with Crippen LogP contribution in [0.1, 0.15) is 21.6 Å². The Morgan fingerprint density at radius 3 is 2.70 bits per heavy atom. The molecular formula is C15H13N3O2. The molecule has 5 heteroatoms. The molecule has 0 saturated heterocycles. The number of fused-ring (bicyclic) bond motifs is 1. The van der Waals surface area contributed by atoms with E-state index in [9.17, 15) is 4.79 Å². The van der Waals surface area contributed by atoms with Crippen molar-refractivity contribution in [3.05, 3.63) is 53.6 Å². The lowest BCUT2D eigenvalue weighted by molar-refractivity contribution is 0.0691. The first kappa shape index (κ1) is 12.3. The Morgan fingerprint density at radius 1 is 1.20 bits per heavy atom. The summed E-state index contributed by atoms with van der Waals surface area (Å²) < 4.78 is 1.61. The number of carboxylic acid groups (broad SMARTS) is 1. The molecule has 20 heavy (non-hydrogen) atoms. The predicted octanol–water partition coefficient (Wildman–Crippen LogP) is 2.71. The van der Waals surface area contributed by atoms with Crippen LogP contribution in [0.25, 0.3) is 16.9 Å². The number of imidazole rings is 1. The minimum atomic E-state index is -1.04. The van der Waals surface area contributed by atoms with E-state index >= 15 is 0 Å². The van der Waals surface area contributed by atoms with Crippen molar-refractivity contribution in [2.45, 2.75) is 13.8 Å². The standard InChI is InChI=1S/C15H13N3O2/c1-9-3-4-11(5-10(9)2)12-6-14-17-13(15(19)20)7-18(14)8-16-12/h3-8H,1-2H3,(H,19,20). The molecule has 100 valence electrons. The van der Waals surface area contributed by atoms with E-state index in [1.807, 2.05) is 12.1 Å². The van der Waals surface area contributed by atoms with Crippen molar-refractivity contribution < 1.29 is 9.90 Å². The van der Waals surface area contributed by atoms with E-state index in [2.05, 4.69) is 29.9 Å². The quantitative estimate of drug-likeness (QED) is 0.775. The monoisotopic (exact) mass is 267 g/mol. The Kier molecular flexibility index (Phi) is 2.75. The van der Waals surface area contributed by atoms with Crippen LogP contribution in [0, 0.1) is 13.8 Å². The Labute approximate surface area is 115 Å². The number of rotatable bonds is 2. The molecule has 0 radical (unpaired) electrons. The van der Waals surface area contributed by atoms with Crippen molar-refractivity contribution in [3.8, 4) is 11.3 Å². The van der Waals surface area contributed by atoms with Gasteiger partial charge in [0.2, 0.25) is 0 Å². The largest absolute Gasteiger partial charge is 0.476 e. The third kappa shape index (κ3) is 2.03. The lowest BCUT2D eigenvalue weighted by Crippen LogP contribution is -1.94. The van der Waals surface area contributed by atoms with Gasteiger partial charge in [-0.3, -0.25) is 4.40 Å². The van der Waals surface area contributed by atoms with Gasteiger partial charge in [0, 0.05) is 17.8 Å². The van der Waals surface area contributed by atoms with Crippen LogP contribution in [0.4, 0.5) is 0 Å². The molecular weight excluding hydrogens is 254 g/mol. The second-order valence-electron chi connectivity index (χ2n) is 4.77. The normalized spacial score (nSPS) is 10.9. The smallest absolute Gasteiger partial charge is 0.356 e. The number of nitrogens with zero attached hydrogens (tertiary/aromatic N) is 3. The van der Waals surface area contributed by atoms with E-state index < -0.39 is 5.97 Å². The van der Waals surface area contributed by atoms with Gasteiger partial charge in [-0.15, -0.1) is 0 Å². The Bertz CT molecular complexity index is 821. The van der Waals surface area contributed by atoms with Gasteiger partial charge in [-0.05, 0) is 31.0 Å². The van der Waals surface area contributed by atoms with Gasteiger partial charge >= 0.3 is 5.97 Å². The highest BCUT2D eigenvalue weighted by Crippen LogP contribution is 2.21. The van der Waals surface area contributed by atoms with Gasteiger partial charge in [-0.25, -0.2) is 14.8 Å². The molecule has 3 aromatic rings. The first-order valence-electron chi connectivity index (χ1n) is 6.20. The molecule has 0 aliphatic carbocycles. The third-order valence-corrected chi connectivity index (χ3v) is 3.37. The van der Waals surface area contributed by atoms with Crippen LogP contribution in [-0.4, -0.2) is 25.4 Å². The minimum Gasteiger partial charge on any atom is -0.476 e. The van der Waals surface area contributed by atoms with Gasteiger partial charge in [0.25, 0.3) is 0 Å². The van der Waals surface area contributed by atoms with Crippen molar-refractivity contribution in [3.63, 3.8) is 0 Å². The molecule has 0 aliphatic rings. The second-order valence-corrected chi connectivity index (χ2v) is 4.77. The molecule has 0 saturated carbocycles. The van der Waals surface area contributed by atoms with E-state index in [4.69, 9.17) is 5.11 Å². The van der Waals surface area contributed by atoms with E-state index in [-0.39, 0.29) is 5.69 Å². The minimum absolute atomic E-state index is 0.0176. The third-order valence-electron chi connectivity index (χ3n) is 3.37. The van der Waals surface area contributed by atoms with Crippen molar-refractivity contribution in [2.75, 3.05) is 0 Å². The van der Waals surface area contributed by atoms with Crippen LogP contribution in [-0.2, 0) is 0 Å². The summed E-state index contributed by atoms with van der Waals surface area (Å²) in [6.45, 7) is 4.11. The van der Waals surface area contributed by atoms with Crippen molar-refractivity contribution in [1.82, 2.24) is 14.4 Å². The number of aryl methyl sites for hydroxylation is 2. The van der Waals surface area contributed by atoms with Crippen LogP contribution in [0.2, 0.25) is 0 Å². The SMILES string of the molecule is Cc1ccc(-c2cc3nc(C(=O)O)cn3cn2)cc1C. The first-order valence-corrected chi connectivity index (χ1v) is 6.20. The summed E-state index contributed by atoms with van der Waals surface area (Å²) >= 11 is 0. The fraction of sp³-hybridized carbons (Fsp3) is 0.133. The first-order chi connectivity index (χ1) is 9.54. The van der Waals surface area contributed by atoms with Gasteiger partial charge in [0.05, 0.1) is 5.69 Å². The molecule has 0 bridgehead atoms. The molecule has 0 atom stereocenters. The molecule has 2 aromatic heterocycles. The van der Waals surface area contributed by atoms with Crippen LogP contribution >= 0.6 is 0 Å². The molecule has 0 amide bonds. The van der Waals surface area contributed by atoms with Gasteiger partial charge in [0.15, 0.2) is 5.69 Å². The van der Waals surface area contributed by atoms with Gasteiger partial charge < -0.3 is 5.11 Å². The molecule has 2 heterocycles. The maximum atomic E-state index is 10.9. The summed E-state index contributed by atoms with van der Waals surface area (Å²) in [5, 5.41) is 8.94. The molecule has 3 rings (SSSR count). The lowest BCUT2D eigenvalue weighted by atomic mass is 10.0. The molecule has 0 spiro atoms. The number of carbonyl (C=O) groups is 1. The highest BCUT2D eigenvalue weighted by atomic mass is 16.4. The predicted molar refractivity (Wildman–Crippen MR) is 74.9 cm³/mol. The van der Waals surface area contributed by atoms with E-state index in [1.165, 1.54) is 17.3 Å². The van der Waals surface area contributed by atoms with Crippen LogP contribution in [0.3, 0.4) is 0 Å². The number of aromatic carboxylic acids is 1. The topological polar surface area (TPSA) is 67.5 Å². The van der Waals surface area contributed by atoms with E-state index in [0.717, 1.165) is 11.3 Å². The van der Waals surface area contributed by atoms with Gasteiger partial charge in [-0.1, -0.05) is 12.1 Å².